The smallest absolute Gasteiger partial charge is 0.252 e. The summed E-state index contributed by atoms with van der Waals surface area (Å²) in [7, 11) is 0. The van der Waals surface area contributed by atoms with Crippen molar-refractivity contribution in [3.8, 4) is 0 Å². The molecular weight excluding hydrogens is 284 g/mol. The van der Waals surface area contributed by atoms with Gasteiger partial charge in [0.25, 0.3) is 5.91 Å². The number of benzene rings is 2. The zero-order valence-corrected chi connectivity index (χ0v) is 11.2. The number of hydrogen-bond donors (Lipinski definition) is 1. The maximum Gasteiger partial charge on any atom is 0.252 e. The molecule has 0 saturated carbocycles. The lowest BCUT2D eigenvalue weighted by atomic mass is 10.1. The van der Waals surface area contributed by atoms with Crippen LogP contribution >= 0.6 is 11.6 Å². The van der Waals surface area contributed by atoms with Gasteiger partial charge in [-0.05, 0) is 17.7 Å². The molecule has 0 aromatic heterocycles. The van der Waals surface area contributed by atoms with Crippen molar-refractivity contribution in [1.82, 2.24) is 5.32 Å². The number of nitrogens with one attached hydrogen (secondary N) is 1. The number of amides is 1. The van der Waals surface area contributed by atoms with Crippen LogP contribution in [0.25, 0.3) is 0 Å². The molecule has 104 valence electrons. The molecule has 1 atom stereocenters. The van der Waals surface area contributed by atoms with Crippen LogP contribution in [-0.4, -0.2) is 11.8 Å². The van der Waals surface area contributed by atoms with Crippen molar-refractivity contribution < 1.29 is 13.6 Å². The molecule has 0 spiro atoms. The number of hydrogen-bond acceptors (Lipinski definition) is 1. The molecule has 0 saturated heterocycles. The molecule has 1 amide bonds. The Hall–Kier alpha value is -1.94. The standard InChI is InChI=1S/C15H12ClF2NO/c16-9-14(10-4-2-1-3-5-10)19-15(20)11-6-12(17)8-13(18)7-11/h1-8,14H,9H2,(H,19,20). The van der Waals surface area contributed by atoms with Crippen molar-refractivity contribution in [2.75, 3.05) is 5.88 Å². The highest BCUT2D eigenvalue weighted by Crippen LogP contribution is 2.16. The van der Waals surface area contributed by atoms with Crippen molar-refractivity contribution in [3.05, 3.63) is 71.3 Å². The fraction of sp³-hybridized carbons (Fsp3) is 0.133. The van der Waals surface area contributed by atoms with Gasteiger partial charge in [0.1, 0.15) is 11.6 Å². The van der Waals surface area contributed by atoms with E-state index in [-0.39, 0.29) is 11.4 Å². The highest BCUT2D eigenvalue weighted by Gasteiger charge is 2.15. The Morgan fingerprint density at radius 2 is 1.70 bits per heavy atom. The Labute approximate surface area is 120 Å². The third-order valence-electron chi connectivity index (χ3n) is 2.79. The van der Waals surface area contributed by atoms with Crippen molar-refractivity contribution >= 4 is 17.5 Å². The SMILES string of the molecule is O=C(NC(CCl)c1ccccc1)c1cc(F)cc(F)c1. The molecule has 0 aliphatic heterocycles. The number of carbonyl (C=O) groups excluding carboxylic acids is 1. The largest absolute Gasteiger partial charge is 0.344 e. The first-order valence-corrected chi connectivity index (χ1v) is 6.51. The minimum atomic E-state index is -0.794. The van der Waals surface area contributed by atoms with Crippen LogP contribution in [0.15, 0.2) is 48.5 Å². The monoisotopic (exact) mass is 295 g/mol. The third kappa shape index (κ3) is 3.54. The van der Waals surface area contributed by atoms with Crippen molar-refractivity contribution in [3.63, 3.8) is 0 Å². The number of carbonyl (C=O) groups is 1. The number of rotatable bonds is 4. The van der Waals surface area contributed by atoms with E-state index >= 15 is 0 Å². The van der Waals surface area contributed by atoms with E-state index in [2.05, 4.69) is 5.32 Å². The van der Waals surface area contributed by atoms with Crippen LogP contribution in [-0.2, 0) is 0 Å². The first-order chi connectivity index (χ1) is 9.60. The maximum absolute atomic E-state index is 13.1. The van der Waals surface area contributed by atoms with Gasteiger partial charge in [-0.15, -0.1) is 11.6 Å². The van der Waals surface area contributed by atoms with Crippen molar-refractivity contribution in [1.29, 1.82) is 0 Å². The number of halogens is 3. The van der Waals surface area contributed by atoms with E-state index in [0.29, 0.717) is 6.07 Å². The Morgan fingerprint density at radius 3 is 2.25 bits per heavy atom. The maximum atomic E-state index is 13.1. The average molecular weight is 296 g/mol. The topological polar surface area (TPSA) is 29.1 Å². The van der Waals surface area contributed by atoms with Gasteiger partial charge in [0.05, 0.1) is 6.04 Å². The van der Waals surface area contributed by atoms with Crippen molar-refractivity contribution in [2.45, 2.75) is 6.04 Å². The highest BCUT2D eigenvalue weighted by atomic mass is 35.5. The molecule has 0 aliphatic carbocycles. The fourth-order valence-corrected chi connectivity index (χ4v) is 2.08. The van der Waals surface area contributed by atoms with E-state index in [1.165, 1.54) is 0 Å². The quantitative estimate of drug-likeness (QED) is 0.857. The Kier molecular flexibility index (Phi) is 4.69. The fourth-order valence-electron chi connectivity index (χ4n) is 1.82. The molecule has 0 radical (unpaired) electrons. The van der Waals surface area contributed by atoms with E-state index in [1.807, 2.05) is 30.3 Å². The molecule has 0 heterocycles. The van der Waals surface area contributed by atoms with Crippen LogP contribution < -0.4 is 5.32 Å². The van der Waals surface area contributed by atoms with Gasteiger partial charge in [-0.2, -0.15) is 0 Å². The molecule has 1 unspecified atom stereocenters. The zero-order valence-electron chi connectivity index (χ0n) is 10.4. The Balaban J connectivity index is 2.17. The van der Waals surface area contributed by atoms with Gasteiger partial charge in [0.2, 0.25) is 0 Å². The summed E-state index contributed by atoms with van der Waals surface area (Å²) in [5, 5.41) is 2.65. The van der Waals surface area contributed by atoms with Crippen LogP contribution in [0, 0.1) is 11.6 Å². The highest BCUT2D eigenvalue weighted by molar-refractivity contribution is 6.18. The Morgan fingerprint density at radius 1 is 1.10 bits per heavy atom. The predicted molar refractivity (Wildman–Crippen MR) is 73.7 cm³/mol. The first-order valence-electron chi connectivity index (χ1n) is 5.98. The summed E-state index contributed by atoms with van der Waals surface area (Å²) in [6, 6.07) is 11.4. The summed E-state index contributed by atoms with van der Waals surface area (Å²) in [6.07, 6.45) is 0. The Bertz CT molecular complexity index is 584. The van der Waals surface area contributed by atoms with E-state index in [0.717, 1.165) is 17.7 Å². The van der Waals surface area contributed by atoms with Gasteiger partial charge in [-0.1, -0.05) is 30.3 Å². The summed E-state index contributed by atoms with van der Waals surface area (Å²) in [6.45, 7) is 0. The summed E-state index contributed by atoms with van der Waals surface area (Å²) in [5.74, 6) is -2.00. The van der Waals surface area contributed by atoms with Crippen LogP contribution in [0.3, 0.4) is 0 Å². The van der Waals surface area contributed by atoms with Crippen LogP contribution in [0.4, 0.5) is 8.78 Å². The molecule has 0 bridgehead atoms. The summed E-state index contributed by atoms with van der Waals surface area (Å²) in [5.41, 5.74) is 0.751. The molecule has 2 rings (SSSR count). The van der Waals surface area contributed by atoms with Crippen LogP contribution in [0.2, 0.25) is 0 Å². The molecular formula is C15H12ClF2NO. The van der Waals surface area contributed by atoms with Crippen LogP contribution in [0.1, 0.15) is 22.0 Å². The second-order valence-corrected chi connectivity index (χ2v) is 4.56. The summed E-state index contributed by atoms with van der Waals surface area (Å²) in [4.78, 5) is 12.0. The van der Waals surface area contributed by atoms with Gasteiger partial charge < -0.3 is 5.32 Å². The van der Waals surface area contributed by atoms with E-state index in [1.54, 1.807) is 0 Å². The molecule has 2 aromatic rings. The zero-order chi connectivity index (χ0) is 14.5. The summed E-state index contributed by atoms with van der Waals surface area (Å²) < 4.78 is 26.2. The van der Waals surface area contributed by atoms with Gasteiger partial charge in [0, 0.05) is 17.5 Å². The van der Waals surface area contributed by atoms with Crippen molar-refractivity contribution in [2.24, 2.45) is 0 Å². The molecule has 0 fully saturated rings. The number of alkyl halides is 1. The lowest BCUT2D eigenvalue weighted by molar-refractivity contribution is 0.0939. The van der Waals surface area contributed by atoms with Gasteiger partial charge in [-0.25, -0.2) is 8.78 Å². The molecule has 0 aliphatic rings. The molecule has 2 aromatic carbocycles. The minimum Gasteiger partial charge on any atom is -0.344 e. The van der Waals surface area contributed by atoms with Crippen LogP contribution in [0.5, 0.6) is 0 Å². The van der Waals surface area contributed by atoms with Gasteiger partial charge in [-0.3, -0.25) is 4.79 Å². The molecule has 5 heteroatoms. The minimum absolute atomic E-state index is 0.0754. The first kappa shape index (κ1) is 14.5. The van der Waals surface area contributed by atoms with Gasteiger partial charge >= 0.3 is 0 Å². The lowest BCUT2D eigenvalue weighted by Crippen LogP contribution is -2.29. The second-order valence-electron chi connectivity index (χ2n) is 4.25. The predicted octanol–water partition coefficient (Wildman–Crippen LogP) is 3.67. The molecule has 20 heavy (non-hydrogen) atoms. The van der Waals surface area contributed by atoms with E-state index < -0.39 is 23.6 Å². The lowest BCUT2D eigenvalue weighted by Gasteiger charge is -2.16. The summed E-state index contributed by atoms with van der Waals surface area (Å²) >= 11 is 5.83. The van der Waals surface area contributed by atoms with E-state index in [4.69, 9.17) is 11.6 Å². The normalized spacial score (nSPS) is 11.9. The van der Waals surface area contributed by atoms with E-state index in [9.17, 15) is 13.6 Å². The average Bonchev–Trinajstić information content (AvgIpc) is 2.44. The van der Waals surface area contributed by atoms with Gasteiger partial charge in [0.15, 0.2) is 0 Å². The molecule has 2 nitrogen and oxygen atoms in total. The molecule has 1 N–H and O–H groups in total. The second kappa shape index (κ2) is 6.48. The third-order valence-corrected chi connectivity index (χ3v) is 3.09.